The quantitative estimate of drug-likeness (QED) is 0.769. The number of nitriles is 1. The van der Waals surface area contributed by atoms with Gasteiger partial charge in [0.05, 0.1) is 11.6 Å². The van der Waals surface area contributed by atoms with Crippen molar-refractivity contribution in [2.24, 2.45) is 0 Å². The summed E-state index contributed by atoms with van der Waals surface area (Å²) < 4.78 is 0. The van der Waals surface area contributed by atoms with Gasteiger partial charge in [0.1, 0.15) is 6.04 Å². The van der Waals surface area contributed by atoms with Crippen molar-refractivity contribution in [3.63, 3.8) is 0 Å². The fourth-order valence-electron chi connectivity index (χ4n) is 2.48. The molecular formula is C18H12ClN3O2. The van der Waals surface area contributed by atoms with Crippen LogP contribution in [0.1, 0.15) is 22.0 Å². The lowest BCUT2D eigenvalue weighted by Gasteiger charge is -2.13. The predicted octanol–water partition coefficient (Wildman–Crippen LogP) is 3.18. The van der Waals surface area contributed by atoms with Crippen LogP contribution in [0.3, 0.4) is 0 Å². The van der Waals surface area contributed by atoms with Crippen molar-refractivity contribution >= 4 is 28.3 Å². The van der Waals surface area contributed by atoms with Crippen LogP contribution in [-0.4, -0.2) is 10.9 Å². The molecule has 3 rings (SSSR count). The Balaban J connectivity index is 1.97. The Kier molecular flexibility index (Phi) is 4.32. The zero-order chi connectivity index (χ0) is 17.1. The molecule has 0 saturated carbocycles. The molecule has 0 aliphatic rings. The monoisotopic (exact) mass is 337 g/mol. The summed E-state index contributed by atoms with van der Waals surface area (Å²) in [4.78, 5) is 27.0. The van der Waals surface area contributed by atoms with Crippen LogP contribution in [0, 0.1) is 11.3 Å². The molecule has 0 saturated heterocycles. The van der Waals surface area contributed by atoms with E-state index >= 15 is 0 Å². The number of halogens is 1. The van der Waals surface area contributed by atoms with Gasteiger partial charge in [-0.1, -0.05) is 41.9 Å². The van der Waals surface area contributed by atoms with Crippen LogP contribution in [0.15, 0.2) is 59.5 Å². The molecule has 2 N–H and O–H groups in total. The van der Waals surface area contributed by atoms with Gasteiger partial charge in [0.15, 0.2) is 0 Å². The van der Waals surface area contributed by atoms with Gasteiger partial charge in [0, 0.05) is 22.0 Å². The number of carbonyl (C=O) groups is 1. The van der Waals surface area contributed by atoms with E-state index in [9.17, 15) is 14.9 Å². The molecule has 2 aromatic carbocycles. The van der Waals surface area contributed by atoms with Crippen LogP contribution in [0.4, 0.5) is 0 Å². The first-order valence-electron chi connectivity index (χ1n) is 7.16. The number of hydrogen-bond donors (Lipinski definition) is 2. The average Bonchev–Trinajstić information content (AvgIpc) is 2.60. The van der Waals surface area contributed by atoms with E-state index in [1.54, 1.807) is 48.5 Å². The zero-order valence-electron chi connectivity index (χ0n) is 12.4. The smallest absolute Gasteiger partial charge is 0.255 e. The summed E-state index contributed by atoms with van der Waals surface area (Å²) >= 11 is 5.93. The minimum atomic E-state index is -0.845. The highest BCUT2D eigenvalue weighted by Crippen LogP contribution is 2.19. The number of pyridine rings is 1. The first-order chi connectivity index (χ1) is 11.6. The molecule has 3 aromatic rings. The number of nitrogens with one attached hydrogen (secondary N) is 2. The van der Waals surface area contributed by atoms with Gasteiger partial charge in [0.2, 0.25) is 0 Å². The minimum Gasteiger partial charge on any atom is -0.332 e. The highest BCUT2D eigenvalue weighted by Gasteiger charge is 2.18. The molecule has 6 heteroatoms. The van der Waals surface area contributed by atoms with Gasteiger partial charge >= 0.3 is 0 Å². The van der Waals surface area contributed by atoms with Crippen molar-refractivity contribution in [2.45, 2.75) is 6.04 Å². The molecule has 0 radical (unpaired) electrons. The van der Waals surface area contributed by atoms with Gasteiger partial charge in [-0.25, -0.2) is 0 Å². The molecular weight excluding hydrogens is 326 g/mol. The highest BCUT2D eigenvalue weighted by molar-refractivity contribution is 6.30. The summed E-state index contributed by atoms with van der Waals surface area (Å²) in [7, 11) is 0. The van der Waals surface area contributed by atoms with Crippen LogP contribution in [0.2, 0.25) is 5.02 Å². The molecule has 24 heavy (non-hydrogen) atoms. The number of aromatic amines is 1. The Labute approximate surface area is 142 Å². The maximum absolute atomic E-state index is 12.6. The summed E-state index contributed by atoms with van der Waals surface area (Å²) in [6.07, 6.45) is 1.35. The van der Waals surface area contributed by atoms with Gasteiger partial charge < -0.3 is 10.3 Å². The molecule has 1 atom stereocenters. The van der Waals surface area contributed by atoms with E-state index in [0.29, 0.717) is 26.9 Å². The van der Waals surface area contributed by atoms with Gasteiger partial charge in [-0.05, 0) is 23.8 Å². The third-order valence-electron chi connectivity index (χ3n) is 3.64. The second kappa shape index (κ2) is 6.57. The Morgan fingerprint density at radius 2 is 1.92 bits per heavy atom. The Morgan fingerprint density at radius 1 is 1.17 bits per heavy atom. The number of rotatable bonds is 3. The largest absolute Gasteiger partial charge is 0.332 e. The molecule has 0 spiro atoms. The maximum atomic E-state index is 12.6. The Hall–Kier alpha value is -3.10. The molecule has 5 nitrogen and oxygen atoms in total. The van der Waals surface area contributed by atoms with Crippen LogP contribution in [-0.2, 0) is 0 Å². The van der Waals surface area contributed by atoms with Gasteiger partial charge in [-0.3, -0.25) is 9.59 Å². The molecule has 1 heterocycles. The fourth-order valence-corrected chi connectivity index (χ4v) is 2.68. The molecule has 0 unspecified atom stereocenters. The maximum Gasteiger partial charge on any atom is 0.255 e. The van der Waals surface area contributed by atoms with E-state index in [4.69, 9.17) is 11.6 Å². The Morgan fingerprint density at radius 3 is 2.62 bits per heavy atom. The van der Waals surface area contributed by atoms with Gasteiger partial charge in [-0.2, -0.15) is 5.26 Å². The minimum absolute atomic E-state index is 0.270. The van der Waals surface area contributed by atoms with Crippen molar-refractivity contribution in [2.75, 3.05) is 0 Å². The average molecular weight is 338 g/mol. The molecule has 118 valence electrons. The number of benzene rings is 2. The highest BCUT2D eigenvalue weighted by atomic mass is 35.5. The molecule has 1 amide bonds. The predicted molar refractivity (Wildman–Crippen MR) is 91.8 cm³/mol. The molecule has 0 bridgehead atoms. The van der Waals surface area contributed by atoms with E-state index < -0.39 is 11.9 Å². The molecule has 0 fully saturated rings. The molecule has 0 aliphatic heterocycles. The van der Waals surface area contributed by atoms with Crippen LogP contribution in [0.5, 0.6) is 0 Å². The van der Waals surface area contributed by atoms with E-state index in [1.165, 1.54) is 6.20 Å². The normalized spacial score (nSPS) is 11.7. The topological polar surface area (TPSA) is 85.8 Å². The number of nitrogens with zero attached hydrogens (tertiary/aromatic N) is 1. The molecule has 1 aromatic heterocycles. The standard InChI is InChI=1S/C18H12ClN3O2/c19-12-5-3-4-11(8-12)16(9-20)22-18(24)15-10-21-17(23)14-7-2-1-6-13(14)15/h1-8,10,16H,(H,21,23)(H,22,24)/t16-/m0/s1. The third-order valence-corrected chi connectivity index (χ3v) is 3.88. The number of fused-ring (bicyclic) bond motifs is 1. The van der Waals surface area contributed by atoms with Crippen molar-refractivity contribution in [3.05, 3.63) is 81.2 Å². The van der Waals surface area contributed by atoms with Crippen molar-refractivity contribution in [3.8, 4) is 6.07 Å². The summed E-state index contributed by atoms with van der Waals surface area (Å²) in [5.41, 5.74) is 0.619. The summed E-state index contributed by atoms with van der Waals surface area (Å²) in [6, 6.07) is 14.7. The third kappa shape index (κ3) is 3.00. The summed E-state index contributed by atoms with van der Waals surface area (Å²) in [6.45, 7) is 0. The van der Waals surface area contributed by atoms with Crippen LogP contribution >= 0.6 is 11.6 Å². The lowest BCUT2D eigenvalue weighted by molar-refractivity contribution is 0.0946. The number of aromatic nitrogens is 1. The summed E-state index contributed by atoms with van der Waals surface area (Å²) in [5.74, 6) is -0.450. The van der Waals surface area contributed by atoms with E-state index in [2.05, 4.69) is 10.3 Å². The van der Waals surface area contributed by atoms with Crippen molar-refractivity contribution < 1.29 is 4.79 Å². The SMILES string of the molecule is N#C[C@H](NC(=O)c1c[nH]c(=O)c2ccccc12)c1cccc(Cl)c1. The summed E-state index contributed by atoms with van der Waals surface area (Å²) in [5, 5.41) is 13.4. The van der Waals surface area contributed by atoms with Gasteiger partial charge in [-0.15, -0.1) is 0 Å². The van der Waals surface area contributed by atoms with Crippen molar-refractivity contribution in [1.82, 2.24) is 10.3 Å². The fraction of sp³-hybridized carbons (Fsp3) is 0.0556. The van der Waals surface area contributed by atoms with E-state index in [1.807, 2.05) is 6.07 Å². The van der Waals surface area contributed by atoms with Crippen LogP contribution in [0.25, 0.3) is 10.8 Å². The van der Waals surface area contributed by atoms with E-state index in [0.717, 1.165) is 0 Å². The number of H-pyrrole nitrogens is 1. The van der Waals surface area contributed by atoms with Crippen molar-refractivity contribution in [1.29, 1.82) is 5.26 Å². The molecule has 0 aliphatic carbocycles. The van der Waals surface area contributed by atoms with Gasteiger partial charge in [0.25, 0.3) is 11.5 Å². The Bertz CT molecular complexity index is 1020. The lowest BCUT2D eigenvalue weighted by Crippen LogP contribution is -2.28. The second-order valence-electron chi connectivity index (χ2n) is 5.17. The lowest BCUT2D eigenvalue weighted by atomic mass is 10.1. The zero-order valence-corrected chi connectivity index (χ0v) is 13.2. The first-order valence-corrected chi connectivity index (χ1v) is 7.54. The van der Waals surface area contributed by atoms with E-state index in [-0.39, 0.29) is 5.56 Å². The number of carbonyl (C=O) groups excluding carboxylic acids is 1. The second-order valence-corrected chi connectivity index (χ2v) is 5.60. The van der Waals surface area contributed by atoms with Crippen LogP contribution < -0.4 is 10.9 Å². The first kappa shape index (κ1) is 15.8. The number of hydrogen-bond acceptors (Lipinski definition) is 3. The number of amides is 1.